The molecule has 6 nitrogen and oxygen atoms in total. The highest BCUT2D eigenvalue weighted by atomic mass is 16.5. The first kappa shape index (κ1) is 20.0. The lowest BCUT2D eigenvalue weighted by Crippen LogP contribution is -2.20. The predicted molar refractivity (Wildman–Crippen MR) is 121 cm³/mol. The van der Waals surface area contributed by atoms with Crippen LogP contribution in [-0.4, -0.2) is 21.8 Å². The Kier molecular flexibility index (Phi) is 5.80. The summed E-state index contributed by atoms with van der Waals surface area (Å²) in [6.45, 7) is 1.71. The summed E-state index contributed by atoms with van der Waals surface area (Å²) in [4.78, 5) is 29.4. The molecule has 0 unspecified atom stereocenters. The number of nitrogens with zero attached hydrogens (tertiary/aromatic N) is 3. The van der Waals surface area contributed by atoms with Crippen molar-refractivity contribution in [3.05, 3.63) is 112 Å². The minimum absolute atomic E-state index is 0.264. The first-order valence-corrected chi connectivity index (χ1v) is 9.68. The number of rotatable bonds is 5. The number of hydrogen-bond acceptors (Lipinski definition) is 5. The number of esters is 1. The second-order valence-corrected chi connectivity index (χ2v) is 6.74. The van der Waals surface area contributed by atoms with Gasteiger partial charge in [-0.3, -0.25) is 4.79 Å². The minimum Gasteiger partial charge on any atom is -0.423 e. The molecule has 1 heterocycles. The van der Waals surface area contributed by atoms with E-state index in [0.29, 0.717) is 28.0 Å². The van der Waals surface area contributed by atoms with E-state index < -0.39 is 5.97 Å². The number of carbonyl (C=O) groups is 1. The SMILES string of the molecule is Cc1nc2ccccc2c(=O)n1N=Cc1ccccc1OC(=O)/C=C/c1ccccc1. The molecular formula is C25H19N3O3. The fourth-order valence-electron chi connectivity index (χ4n) is 3.04. The summed E-state index contributed by atoms with van der Waals surface area (Å²) in [7, 11) is 0. The molecule has 4 aromatic rings. The van der Waals surface area contributed by atoms with Crippen LogP contribution in [0.25, 0.3) is 17.0 Å². The van der Waals surface area contributed by atoms with E-state index in [2.05, 4.69) is 10.1 Å². The van der Waals surface area contributed by atoms with Crippen LogP contribution in [-0.2, 0) is 4.79 Å². The Morgan fingerprint density at radius 2 is 1.68 bits per heavy atom. The van der Waals surface area contributed by atoms with Gasteiger partial charge >= 0.3 is 5.97 Å². The molecule has 0 spiro atoms. The van der Waals surface area contributed by atoms with Gasteiger partial charge in [-0.05, 0) is 42.8 Å². The van der Waals surface area contributed by atoms with Crippen LogP contribution in [0.3, 0.4) is 0 Å². The molecule has 3 aromatic carbocycles. The van der Waals surface area contributed by atoms with Crippen molar-refractivity contribution in [2.75, 3.05) is 0 Å². The van der Waals surface area contributed by atoms with Gasteiger partial charge < -0.3 is 4.74 Å². The molecule has 1 aromatic heterocycles. The van der Waals surface area contributed by atoms with Crippen LogP contribution in [0.1, 0.15) is 17.0 Å². The lowest BCUT2D eigenvalue weighted by molar-refractivity contribution is -0.128. The van der Waals surface area contributed by atoms with Crippen LogP contribution in [0, 0.1) is 6.92 Å². The molecule has 4 rings (SSSR count). The number of benzene rings is 3. The molecule has 0 radical (unpaired) electrons. The maximum absolute atomic E-state index is 12.8. The van der Waals surface area contributed by atoms with Gasteiger partial charge in [-0.15, -0.1) is 0 Å². The maximum Gasteiger partial charge on any atom is 0.336 e. The van der Waals surface area contributed by atoms with Crippen molar-refractivity contribution in [2.24, 2.45) is 5.10 Å². The normalized spacial score (nSPS) is 11.4. The van der Waals surface area contributed by atoms with Crippen molar-refractivity contribution in [3.8, 4) is 5.75 Å². The van der Waals surface area contributed by atoms with Crippen molar-refractivity contribution in [2.45, 2.75) is 6.92 Å². The first-order valence-electron chi connectivity index (χ1n) is 9.68. The molecule has 0 saturated heterocycles. The van der Waals surface area contributed by atoms with Crippen LogP contribution in [0.4, 0.5) is 0 Å². The van der Waals surface area contributed by atoms with Gasteiger partial charge in [0.25, 0.3) is 5.56 Å². The van der Waals surface area contributed by atoms with Gasteiger partial charge in [0.15, 0.2) is 0 Å². The highest BCUT2D eigenvalue weighted by molar-refractivity contribution is 5.91. The zero-order chi connectivity index (χ0) is 21.6. The van der Waals surface area contributed by atoms with Gasteiger partial charge in [-0.2, -0.15) is 9.78 Å². The summed E-state index contributed by atoms with van der Waals surface area (Å²) in [6, 6.07) is 23.6. The third-order valence-corrected chi connectivity index (χ3v) is 4.57. The molecule has 0 aliphatic heterocycles. The fourth-order valence-corrected chi connectivity index (χ4v) is 3.04. The molecule has 152 valence electrons. The summed E-state index contributed by atoms with van der Waals surface area (Å²) >= 11 is 0. The summed E-state index contributed by atoms with van der Waals surface area (Å²) < 4.78 is 6.70. The van der Waals surface area contributed by atoms with Gasteiger partial charge in [0, 0.05) is 11.6 Å². The van der Waals surface area contributed by atoms with Gasteiger partial charge in [0.1, 0.15) is 11.6 Å². The average Bonchev–Trinajstić information content (AvgIpc) is 2.79. The Morgan fingerprint density at radius 1 is 0.968 bits per heavy atom. The van der Waals surface area contributed by atoms with E-state index >= 15 is 0 Å². The Morgan fingerprint density at radius 3 is 2.52 bits per heavy atom. The summed E-state index contributed by atoms with van der Waals surface area (Å²) in [5.74, 6) is 0.291. The van der Waals surface area contributed by atoms with Crippen molar-refractivity contribution in [3.63, 3.8) is 0 Å². The molecule has 0 amide bonds. The molecule has 0 aliphatic carbocycles. The lowest BCUT2D eigenvalue weighted by Gasteiger charge is -2.07. The van der Waals surface area contributed by atoms with Crippen molar-refractivity contribution >= 4 is 29.2 Å². The Balaban J connectivity index is 1.59. The van der Waals surface area contributed by atoms with E-state index in [4.69, 9.17) is 4.74 Å². The maximum atomic E-state index is 12.8. The number of carbonyl (C=O) groups excluding carboxylic acids is 1. The molecular weight excluding hydrogens is 390 g/mol. The number of aryl methyl sites for hydroxylation is 1. The third-order valence-electron chi connectivity index (χ3n) is 4.57. The van der Waals surface area contributed by atoms with Gasteiger partial charge in [0.05, 0.1) is 17.1 Å². The topological polar surface area (TPSA) is 73.6 Å². The Labute approximate surface area is 178 Å². The van der Waals surface area contributed by atoms with Crippen LogP contribution in [0.15, 0.2) is 94.8 Å². The zero-order valence-electron chi connectivity index (χ0n) is 16.8. The van der Waals surface area contributed by atoms with Gasteiger partial charge in [-0.25, -0.2) is 9.78 Å². The van der Waals surface area contributed by atoms with Gasteiger partial charge in [0.2, 0.25) is 0 Å². The van der Waals surface area contributed by atoms with E-state index in [-0.39, 0.29) is 5.56 Å². The van der Waals surface area contributed by atoms with Crippen molar-refractivity contribution in [1.82, 2.24) is 9.66 Å². The Bertz CT molecular complexity index is 1360. The summed E-state index contributed by atoms with van der Waals surface area (Å²) in [5, 5.41) is 4.78. The highest BCUT2D eigenvalue weighted by Gasteiger charge is 2.08. The van der Waals surface area contributed by atoms with E-state index in [9.17, 15) is 9.59 Å². The largest absolute Gasteiger partial charge is 0.423 e. The van der Waals surface area contributed by atoms with Crippen molar-refractivity contribution < 1.29 is 9.53 Å². The number of ether oxygens (including phenoxy) is 1. The highest BCUT2D eigenvalue weighted by Crippen LogP contribution is 2.17. The van der Waals surface area contributed by atoms with Crippen LogP contribution >= 0.6 is 0 Å². The average molecular weight is 409 g/mol. The zero-order valence-corrected chi connectivity index (χ0v) is 16.8. The first-order chi connectivity index (χ1) is 15.1. The minimum atomic E-state index is -0.509. The van der Waals surface area contributed by atoms with Gasteiger partial charge in [-0.1, -0.05) is 54.6 Å². The lowest BCUT2D eigenvalue weighted by atomic mass is 10.2. The fraction of sp³-hybridized carbons (Fsp3) is 0.0400. The monoisotopic (exact) mass is 409 g/mol. The summed E-state index contributed by atoms with van der Waals surface area (Å²) in [6.07, 6.45) is 4.53. The summed E-state index contributed by atoms with van der Waals surface area (Å²) in [5.41, 5.74) is 1.81. The molecule has 0 fully saturated rings. The molecule has 31 heavy (non-hydrogen) atoms. The molecule has 0 N–H and O–H groups in total. The van der Waals surface area contributed by atoms with E-state index in [1.165, 1.54) is 17.0 Å². The Hall–Kier alpha value is -4.32. The van der Waals surface area contributed by atoms with E-state index in [1.807, 2.05) is 36.4 Å². The molecule has 0 bridgehead atoms. The van der Waals surface area contributed by atoms with E-state index in [0.717, 1.165) is 5.56 Å². The number of para-hydroxylation sites is 2. The predicted octanol–water partition coefficient (Wildman–Crippen LogP) is 4.21. The standard InChI is InChI=1S/C25H19N3O3/c1-18-27-22-13-7-6-12-21(22)25(30)28(18)26-17-20-11-5-8-14-23(20)31-24(29)16-15-19-9-3-2-4-10-19/h2-17H,1H3/b16-15+,26-17?. The van der Waals surface area contributed by atoms with E-state index in [1.54, 1.807) is 55.5 Å². The number of fused-ring (bicyclic) bond motifs is 1. The second-order valence-electron chi connectivity index (χ2n) is 6.74. The quantitative estimate of drug-likeness (QED) is 0.214. The molecule has 0 atom stereocenters. The van der Waals surface area contributed by atoms with Crippen LogP contribution < -0.4 is 10.3 Å². The van der Waals surface area contributed by atoms with Crippen molar-refractivity contribution in [1.29, 1.82) is 0 Å². The molecule has 0 saturated carbocycles. The smallest absolute Gasteiger partial charge is 0.336 e. The number of hydrogen-bond donors (Lipinski definition) is 0. The van der Waals surface area contributed by atoms with Crippen LogP contribution in [0.5, 0.6) is 5.75 Å². The third kappa shape index (κ3) is 4.64. The molecule has 0 aliphatic rings. The molecule has 6 heteroatoms. The van der Waals surface area contributed by atoms with Crippen LogP contribution in [0.2, 0.25) is 0 Å². The second kappa shape index (κ2) is 9.00. The number of aromatic nitrogens is 2.